The summed E-state index contributed by atoms with van der Waals surface area (Å²) in [7, 11) is -4.00. The number of sulfonamides is 1. The van der Waals surface area contributed by atoms with Crippen LogP contribution in [0.3, 0.4) is 0 Å². The predicted octanol–water partition coefficient (Wildman–Crippen LogP) is 4.58. The molecule has 0 radical (unpaired) electrons. The first kappa shape index (κ1) is 25.0. The largest absolute Gasteiger partial charge is 0.494 e. The third-order valence-corrected chi connectivity index (χ3v) is 8.38. The maximum Gasteiger partial charge on any atom is 0.264 e. The van der Waals surface area contributed by atoms with E-state index in [0.29, 0.717) is 23.2 Å². The van der Waals surface area contributed by atoms with Crippen LogP contribution in [0.2, 0.25) is 0 Å². The van der Waals surface area contributed by atoms with Gasteiger partial charge in [0.25, 0.3) is 10.0 Å². The number of thioether (sulfide) groups is 1. The van der Waals surface area contributed by atoms with E-state index in [-0.39, 0.29) is 4.90 Å². The number of carbonyl (C=O) groups excluding carboxylic acids is 1. The summed E-state index contributed by atoms with van der Waals surface area (Å²) >= 11 is 2.82. The van der Waals surface area contributed by atoms with Crippen molar-refractivity contribution in [3.05, 3.63) is 54.1 Å². The van der Waals surface area contributed by atoms with Crippen molar-refractivity contribution in [2.45, 2.75) is 36.4 Å². The number of ether oxygens (including phenoxy) is 1. The summed E-state index contributed by atoms with van der Waals surface area (Å²) < 4.78 is 34.2. The van der Waals surface area contributed by atoms with Gasteiger partial charge >= 0.3 is 0 Å². The molecule has 3 rings (SSSR count). The fourth-order valence-corrected chi connectivity index (χ4v) is 5.94. The quantitative estimate of drug-likeness (QED) is 0.300. The molecule has 0 atom stereocenters. The predicted molar refractivity (Wildman–Crippen MR) is 133 cm³/mol. The van der Waals surface area contributed by atoms with Gasteiger partial charge in [-0.15, -0.1) is 10.2 Å². The first-order valence-electron chi connectivity index (χ1n) is 10.4. The van der Waals surface area contributed by atoms with E-state index in [1.54, 1.807) is 48.2 Å². The zero-order chi connectivity index (χ0) is 23.8. The molecule has 176 valence electrons. The number of nitrogens with zero attached hydrogens (tertiary/aromatic N) is 3. The van der Waals surface area contributed by atoms with Gasteiger partial charge in [-0.05, 0) is 56.7 Å². The molecule has 0 saturated heterocycles. The number of carbonyl (C=O) groups is 1. The Morgan fingerprint density at radius 2 is 1.79 bits per heavy atom. The Hall–Kier alpha value is -2.63. The highest BCUT2D eigenvalue weighted by Crippen LogP contribution is 2.28. The minimum atomic E-state index is -4.00. The number of nitrogens with one attached hydrogen (secondary N) is 1. The molecule has 8 nitrogen and oxygen atoms in total. The van der Waals surface area contributed by atoms with E-state index in [4.69, 9.17) is 4.74 Å². The van der Waals surface area contributed by atoms with Crippen LogP contribution >= 0.6 is 23.1 Å². The first-order chi connectivity index (χ1) is 15.8. The lowest BCUT2D eigenvalue weighted by atomic mass is 10.2. The van der Waals surface area contributed by atoms with Crippen molar-refractivity contribution >= 4 is 49.8 Å². The third kappa shape index (κ3) is 6.68. The van der Waals surface area contributed by atoms with Crippen LogP contribution in [-0.2, 0) is 14.8 Å². The second-order valence-electron chi connectivity index (χ2n) is 7.02. The lowest BCUT2D eigenvalue weighted by Gasteiger charge is -2.24. The van der Waals surface area contributed by atoms with Gasteiger partial charge in [-0.2, -0.15) is 0 Å². The van der Waals surface area contributed by atoms with Gasteiger partial charge in [-0.1, -0.05) is 47.7 Å². The fourth-order valence-electron chi connectivity index (χ4n) is 2.83. The number of benzene rings is 2. The summed E-state index contributed by atoms with van der Waals surface area (Å²) in [6.45, 7) is 5.89. The van der Waals surface area contributed by atoms with Crippen LogP contribution in [0.4, 0.5) is 10.8 Å². The van der Waals surface area contributed by atoms with Crippen molar-refractivity contribution in [3.8, 4) is 5.75 Å². The zero-order valence-corrected chi connectivity index (χ0v) is 21.1. The molecule has 1 amide bonds. The second-order valence-corrected chi connectivity index (χ2v) is 11.2. The van der Waals surface area contributed by atoms with Crippen LogP contribution in [0.25, 0.3) is 0 Å². The summed E-state index contributed by atoms with van der Waals surface area (Å²) in [5.41, 5.74) is 1.29. The number of hydrogen-bond donors (Lipinski definition) is 1. The molecule has 0 unspecified atom stereocenters. The number of aromatic nitrogens is 2. The monoisotopic (exact) mass is 506 g/mol. The lowest BCUT2D eigenvalue weighted by molar-refractivity contribution is -0.114. The molecule has 33 heavy (non-hydrogen) atoms. The number of hydrogen-bond acceptors (Lipinski definition) is 8. The van der Waals surface area contributed by atoms with Crippen molar-refractivity contribution < 1.29 is 17.9 Å². The summed E-state index contributed by atoms with van der Waals surface area (Å²) in [6, 6.07) is 13.1. The zero-order valence-electron chi connectivity index (χ0n) is 18.6. The van der Waals surface area contributed by atoms with Gasteiger partial charge in [-0.25, -0.2) is 8.42 Å². The molecule has 0 aliphatic heterocycles. The highest BCUT2D eigenvalue weighted by molar-refractivity contribution is 8.01. The van der Waals surface area contributed by atoms with Gasteiger partial charge in [0.1, 0.15) is 12.3 Å². The van der Waals surface area contributed by atoms with E-state index in [9.17, 15) is 13.2 Å². The average molecular weight is 507 g/mol. The van der Waals surface area contributed by atoms with E-state index in [1.807, 2.05) is 13.8 Å². The molecule has 3 aromatic rings. The Morgan fingerprint density at radius 3 is 2.42 bits per heavy atom. The molecule has 1 aromatic heterocycles. The van der Waals surface area contributed by atoms with E-state index < -0.39 is 22.5 Å². The molecule has 1 N–H and O–H groups in total. The highest BCUT2D eigenvalue weighted by Gasteiger charge is 2.27. The molecule has 0 aliphatic rings. The Morgan fingerprint density at radius 1 is 1.09 bits per heavy atom. The summed E-state index contributed by atoms with van der Waals surface area (Å²) in [6.07, 6.45) is 1.000. The lowest BCUT2D eigenvalue weighted by Crippen LogP contribution is -2.38. The van der Waals surface area contributed by atoms with Crippen LogP contribution < -0.4 is 14.4 Å². The minimum absolute atomic E-state index is 0.101. The standard InChI is InChI=1S/C22H26N4O4S3/c1-4-14-31-22-25-24-21(32-22)23-20(27)15-26(17-8-10-18(11-9-17)30-5-2)33(28,29)19-12-6-16(3)7-13-19/h6-13H,4-5,14-15H2,1-3H3,(H,23,24,27). The number of aryl methyl sites for hydroxylation is 1. The van der Waals surface area contributed by atoms with E-state index in [0.717, 1.165) is 26.4 Å². The maximum absolute atomic E-state index is 13.5. The average Bonchev–Trinajstić information content (AvgIpc) is 3.24. The first-order valence-corrected chi connectivity index (χ1v) is 13.7. The van der Waals surface area contributed by atoms with E-state index in [1.165, 1.54) is 23.5 Å². The number of anilines is 2. The molecule has 0 fully saturated rings. The maximum atomic E-state index is 13.5. The molecule has 0 aliphatic carbocycles. The fraction of sp³-hybridized carbons (Fsp3) is 0.318. The summed E-state index contributed by atoms with van der Waals surface area (Å²) in [5, 5.41) is 11.0. The van der Waals surface area contributed by atoms with E-state index >= 15 is 0 Å². The second kappa shape index (κ2) is 11.5. The van der Waals surface area contributed by atoms with Crippen molar-refractivity contribution in [1.82, 2.24) is 10.2 Å². The van der Waals surface area contributed by atoms with Crippen molar-refractivity contribution in [2.24, 2.45) is 0 Å². The van der Waals surface area contributed by atoms with Crippen LogP contribution in [0.5, 0.6) is 5.75 Å². The molecule has 0 spiro atoms. The number of rotatable bonds is 11. The molecule has 1 heterocycles. The Bertz CT molecular complexity index is 1160. The highest BCUT2D eigenvalue weighted by atomic mass is 32.2. The minimum Gasteiger partial charge on any atom is -0.494 e. The molecule has 0 bridgehead atoms. The molecular weight excluding hydrogens is 480 g/mol. The van der Waals surface area contributed by atoms with Gasteiger partial charge in [-0.3, -0.25) is 14.4 Å². The summed E-state index contributed by atoms with van der Waals surface area (Å²) in [4.78, 5) is 12.9. The van der Waals surface area contributed by atoms with Crippen LogP contribution in [0.15, 0.2) is 57.8 Å². The molecule has 0 saturated carbocycles. The van der Waals surface area contributed by atoms with Crippen molar-refractivity contribution in [2.75, 3.05) is 28.5 Å². The molecular formula is C22H26N4O4S3. The molecule has 11 heteroatoms. The Kier molecular flexibility index (Phi) is 8.70. The topological polar surface area (TPSA) is 101 Å². The normalized spacial score (nSPS) is 11.2. The van der Waals surface area contributed by atoms with Gasteiger partial charge in [0.2, 0.25) is 11.0 Å². The Labute approximate surface area is 202 Å². The van der Waals surface area contributed by atoms with Gasteiger partial charge < -0.3 is 4.74 Å². The summed E-state index contributed by atoms with van der Waals surface area (Å²) in [5.74, 6) is 1.01. The van der Waals surface area contributed by atoms with Gasteiger partial charge in [0.05, 0.1) is 17.2 Å². The third-order valence-electron chi connectivity index (χ3n) is 4.41. The van der Waals surface area contributed by atoms with Crippen LogP contribution in [0.1, 0.15) is 25.8 Å². The van der Waals surface area contributed by atoms with Gasteiger partial charge in [0, 0.05) is 5.75 Å². The van der Waals surface area contributed by atoms with Gasteiger partial charge in [0.15, 0.2) is 4.34 Å². The number of amides is 1. The molecule has 2 aromatic carbocycles. The van der Waals surface area contributed by atoms with E-state index in [2.05, 4.69) is 22.4 Å². The Balaban J connectivity index is 1.85. The van der Waals surface area contributed by atoms with Crippen LogP contribution in [-0.4, -0.2) is 43.4 Å². The SMILES string of the molecule is CCCSc1nnc(NC(=O)CN(c2ccc(OCC)cc2)S(=O)(=O)c2ccc(C)cc2)s1. The van der Waals surface area contributed by atoms with Crippen molar-refractivity contribution in [3.63, 3.8) is 0 Å². The van der Waals surface area contributed by atoms with Crippen molar-refractivity contribution in [1.29, 1.82) is 0 Å². The smallest absolute Gasteiger partial charge is 0.264 e. The van der Waals surface area contributed by atoms with Crippen LogP contribution in [0, 0.1) is 6.92 Å².